The molecule has 1 aromatic rings. The second-order valence-electron chi connectivity index (χ2n) is 6.07. The van der Waals surface area contributed by atoms with Gasteiger partial charge in [0, 0.05) is 22.8 Å². The lowest BCUT2D eigenvalue weighted by Gasteiger charge is -2.43. The second-order valence-corrected chi connectivity index (χ2v) is 6.07. The number of benzene rings is 1. The van der Waals surface area contributed by atoms with E-state index in [0.29, 0.717) is 0 Å². The van der Waals surface area contributed by atoms with Crippen LogP contribution in [0.5, 0.6) is 11.5 Å². The van der Waals surface area contributed by atoms with Gasteiger partial charge in [-0.05, 0) is 13.0 Å². The van der Waals surface area contributed by atoms with Crippen LogP contribution in [0, 0.1) is 0 Å². The molecule has 5 N–H and O–H groups in total. The molecule has 2 aliphatic rings. The zero-order chi connectivity index (χ0) is 18.0. The molecule has 0 fully saturated rings. The highest BCUT2D eigenvalue weighted by Crippen LogP contribution is 2.43. The molecule has 0 heterocycles. The van der Waals surface area contributed by atoms with Gasteiger partial charge in [0.15, 0.2) is 11.6 Å². The number of aromatic hydroxyl groups is 1. The van der Waals surface area contributed by atoms with Crippen LogP contribution in [-0.2, 0) is 0 Å². The number of rotatable bonds is 1. The number of ketones is 2. The molecule has 4 unspecified atom stereocenters. The number of aliphatic hydroxyl groups is 4. The van der Waals surface area contributed by atoms with Gasteiger partial charge in [0.1, 0.15) is 35.4 Å². The van der Waals surface area contributed by atoms with Crippen LogP contribution in [0.1, 0.15) is 27.6 Å². The van der Waals surface area contributed by atoms with Crippen molar-refractivity contribution in [1.29, 1.82) is 0 Å². The van der Waals surface area contributed by atoms with E-state index >= 15 is 0 Å². The van der Waals surface area contributed by atoms with E-state index in [-0.39, 0.29) is 22.6 Å². The summed E-state index contributed by atoms with van der Waals surface area (Å²) in [6, 6.07) is 2.18. The molecule has 0 saturated heterocycles. The lowest BCUT2D eigenvalue weighted by Crippen LogP contribution is -2.61. The average Bonchev–Trinajstić information content (AvgIpc) is 2.53. The third kappa shape index (κ3) is 1.94. The van der Waals surface area contributed by atoms with Crippen molar-refractivity contribution < 1.29 is 39.9 Å². The molecular formula is C16H16O8. The van der Waals surface area contributed by atoms with Gasteiger partial charge < -0.3 is 30.3 Å². The molecule has 0 bridgehead atoms. The maximum atomic E-state index is 12.8. The van der Waals surface area contributed by atoms with Crippen molar-refractivity contribution in [3.8, 4) is 11.5 Å². The van der Waals surface area contributed by atoms with Gasteiger partial charge in [0.2, 0.25) is 0 Å². The van der Waals surface area contributed by atoms with Gasteiger partial charge >= 0.3 is 0 Å². The highest BCUT2D eigenvalue weighted by Gasteiger charge is 2.55. The third-order valence-corrected chi connectivity index (χ3v) is 4.58. The molecule has 128 valence electrons. The Labute approximate surface area is 136 Å². The number of Topliss-reactive ketones (excluding diaryl/α,β-unsaturated/α-hetero) is 2. The molecule has 0 saturated carbocycles. The molecule has 8 heteroatoms. The summed E-state index contributed by atoms with van der Waals surface area (Å²) in [5.41, 5.74) is -3.61. The molecule has 0 radical (unpaired) electrons. The normalized spacial score (nSPS) is 32.5. The minimum absolute atomic E-state index is 0.0802. The number of carbonyl (C=O) groups is 2. The number of phenols is 1. The van der Waals surface area contributed by atoms with Crippen molar-refractivity contribution >= 4 is 11.6 Å². The first kappa shape index (κ1) is 16.6. The predicted molar refractivity (Wildman–Crippen MR) is 79.0 cm³/mol. The van der Waals surface area contributed by atoms with Crippen molar-refractivity contribution in [1.82, 2.24) is 0 Å². The van der Waals surface area contributed by atoms with Gasteiger partial charge in [-0.3, -0.25) is 9.59 Å². The molecule has 0 aliphatic heterocycles. The fourth-order valence-corrected chi connectivity index (χ4v) is 3.20. The van der Waals surface area contributed by atoms with Gasteiger partial charge in [0.05, 0.1) is 12.7 Å². The van der Waals surface area contributed by atoms with E-state index in [0.717, 1.165) is 19.1 Å². The molecule has 8 nitrogen and oxygen atoms in total. The van der Waals surface area contributed by atoms with Crippen LogP contribution in [0.2, 0.25) is 0 Å². The molecule has 4 atom stereocenters. The standard InChI is InChI=1S/C16H16O8/c1-16(23)14(21)10-9(13(20)15(16)22)12(19)8-6(11(10)18)3-5(17)4-7(8)24-2/h3-4,13-15,17,20-23H,1-2H3. The number of hydrogen-bond donors (Lipinski definition) is 5. The van der Waals surface area contributed by atoms with Gasteiger partial charge in [-0.1, -0.05) is 0 Å². The quantitative estimate of drug-likeness (QED) is 0.436. The average molecular weight is 336 g/mol. The molecule has 1 aromatic carbocycles. The molecule has 3 rings (SSSR count). The highest BCUT2D eigenvalue weighted by atomic mass is 16.5. The molecule has 24 heavy (non-hydrogen) atoms. The van der Waals surface area contributed by atoms with Crippen molar-refractivity contribution in [3.05, 3.63) is 34.4 Å². The first-order chi connectivity index (χ1) is 11.1. The van der Waals surface area contributed by atoms with Crippen molar-refractivity contribution in [2.75, 3.05) is 7.11 Å². The fraction of sp³-hybridized carbons (Fsp3) is 0.375. The number of hydrogen-bond acceptors (Lipinski definition) is 8. The Bertz CT molecular complexity index is 792. The summed E-state index contributed by atoms with van der Waals surface area (Å²) in [4.78, 5) is 25.5. The van der Waals surface area contributed by atoms with Crippen LogP contribution in [0.4, 0.5) is 0 Å². The summed E-state index contributed by atoms with van der Waals surface area (Å²) < 4.78 is 5.01. The molecular weight excluding hydrogens is 320 g/mol. The summed E-state index contributed by atoms with van der Waals surface area (Å²) in [7, 11) is 1.24. The number of carbonyl (C=O) groups excluding carboxylic acids is 2. The molecule has 0 aromatic heterocycles. The Kier molecular flexibility index (Phi) is 3.54. The Morgan fingerprint density at radius 3 is 2.29 bits per heavy atom. The van der Waals surface area contributed by atoms with Gasteiger partial charge in [-0.25, -0.2) is 0 Å². The first-order valence-corrected chi connectivity index (χ1v) is 7.14. The van der Waals surface area contributed by atoms with Crippen molar-refractivity contribution in [2.24, 2.45) is 0 Å². The maximum Gasteiger partial charge on any atom is 0.196 e. The highest BCUT2D eigenvalue weighted by molar-refractivity contribution is 6.29. The Balaban J connectivity index is 2.31. The Morgan fingerprint density at radius 1 is 1.08 bits per heavy atom. The number of phenolic OH excluding ortho intramolecular Hbond substituents is 1. The number of fused-ring (bicyclic) bond motifs is 1. The van der Waals surface area contributed by atoms with E-state index in [1.54, 1.807) is 0 Å². The van der Waals surface area contributed by atoms with Crippen LogP contribution in [-0.4, -0.2) is 68.1 Å². The largest absolute Gasteiger partial charge is 0.508 e. The maximum absolute atomic E-state index is 12.8. The van der Waals surface area contributed by atoms with Crippen molar-refractivity contribution in [3.63, 3.8) is 0 Å². The Morgan fingerprint density at radius 2 is 1.71 bits per heavy atom. The van der Waals surface area contributed by atoms with Crippen LogP contribution in [0.15, 0.2) is 23.3 Å². The number of methoxy groups -OCH3 is 1. The van der Waals surface area contributed by atoms with Crippen LogP contribution < -0.4 is 4.74 Å². The van der Waals surface area contributed by atoms with Crippen LogP contribution >= 0.6 is 0 Å². The fourth-order valence-electron chi connectivity index (χ4n) is 3.20. The minimum Gasteiger partial charge on any atom is -0.508 e. The van der Waals surface area contributed by atoms with E-state index in [1.807, 2.05) is 0 Å². The number of aliphatic hydroxyl groups excluding tert-OH is 3. The van der Waals surface area contributed by atoms with Crippen molar-refractivity contribution in [2.45, 2.75) is 30.8 Å². The molecule has 0 spiro atoms. The molecule has 0 amide bonds. The SMILES string of the molecule is COc1cc(O)cc2c1C(=O)C1=C(C2=O)C(O)C(C)(O)C(O)C1O. The monoisotopic (exact) mass is 336 g/mol. The lowest BCUT2D eigenvalue weighted by molar-refractivity contribution is -0.158. The first-order valence-electron chi connectivity index (χ1n) is 7.14. The van der Waals surface area contributed by atoms with E-state index in [4.69, 9.17) is 4.74 Å². The smallest absolute Gasteiger partial charge is 0.196 e. The predicted octanol–water partition coefficient (Wildman–Crippen LogP) is -1.08. The summed E-state index contributed by atoms with van der Waals surface area (Å²) in [6.45, 7) is 1.05. The Hall–Kier alpha value is -2.26. The second kappa shape index (κ2) is 5.12. The summed E-state index contributed by atoms with van der Waals surface area (Å²) in [5.74, 6) is -2.07. The summed E-state index contributed by atoms with van der Waals surface area (Å²) >= 11 is 0. The zero-order valence-corrected chi connectivity index (χ0v) is 12.8. The van der Waals surface area contributed by atoms with E-state index < -0.39 is 46.6 Å². The minimum atomic E-state index is -2.23. The zero-order valence-electron chi connectivity index (χ0n) is 12.8. The van der Waals surface area contributed by atoms with Crippen LogP contribution in [0.3, 0.4) is 0 Å². The third-order valence-electron chi connectivity index (χ3n) is 4.58. The van der Waals surface area contributed by atoms with E-state index in [1.165, 1.54) is 7.11 Å². The van der Waals surface area contributed by atoms with Gasteiger partial charge in [0.25, 0.3) is 0 Å². The van der Waals surface area contributed by atoms with Crippen LogP contribution in [0.25, 0.3) is 0 Å². The summed E-state index contributed by atoms with van der Waals surface area (Å²) in [6.07, 6.45) is -5.61. The van der Waals surface area contributed by atoms with E-state index in [9.17, 15) is 35.1 Å². The van der Waals surface area contributed by atoms with Gasteiger partial charge in [-0.15, -0.1) is 0 Å². The topological polar surface area (TPSA) is 145 Å². The van der Waals surface area contributed by atoms with E-state index in [2.05, 4.69) is 0 Å². The number of ether oxygens (including phenoxy) is 1. The summed E-state index contributed by atoms with van der Waals surface area (Å²) in [5, 5.41) is 50.4. The van der Waals surface area contributed by atoms with Gasteiger partial charge in [-0.2, -0.15) is 0 Å². The lowest BCUT2D eigenvalue weighted by atomic mass is 9.68. The molecule has 2 aliphatic carbocycles.